The number of ether oxygens (including phenoxy) is 1. The van der Waals surface area contributed by atoms with E-state index >= 15 is 0 Å². The predicted molar refractivity (Wildman–Crippen MR) is 91.4 cm³/mol. The molecule has 0 bridgehead atoms. The fraction of sp³-hybridized carbons (Fsp3) is 0.632. The van der Waals surface area contributed by atoms with Crippen LogP contribution in [0.3, 0.4) is 0 Å². The Morgan fingerprint density at radius 1 is 1.33 bits per heavy atom. The summed E-state index contributed by atoms with van der Waals surface area (Å²) in [6.07, 6.45) is 5.50. The van der Waals surface area contributed by atoms with Crippen molar-refractivity contribution in [3.8, 4) is 0 Å². The van der Waals surface area contributed by atoms with Crippen LogP contribution in [-0.2, 0) is 17.7 Å². The Hall–Kier alpha value is -1.62. The van der Waals surface area contributed by atoms with Gasteiger partial charge in [0.1, 0.15) is 5.82 Å². The molecule has 1 N–H and O–H groups in total. The molecule has 0 atom stereocenters. The Labute approximate surface area is 143 Å². The average molecular weight is 334 g/mol. The Balaban J connectivity index is 1.51. The highest BCUT2D eigenvalue weighted by molar-refractivity contribution is 5.74. The number of rotatable bonds is 3. The normalized spacial score (nSPS) is 23.7. The van der Waals surface area contributed by atoms with Crippen LogP contribution in [0.25, 0.3) is 0 Å². The molecule has 2 amide bonds. The van der Waals surface area contributed by atoms with Gasteiger partial charge in [0.15, 0.2) is 0 Å². The van der Waals surface area contributed by atoms with Crippen molar-refractivity contribution in [2.75, 3.05) is 20.2 Å². The minimum atomic E-state index is -0.184. The molecule has 1 heterocycles. The second-order valence-corrected chi connectivity index (χ2v) is 7.10. The van der Waals surface area contributed by atoms with Gasteiger partial charge in [-0.2, -0.15) is 0 Å². The molecular weight excluding hydrogens is 307 g/mol. The zero-order valence-corrected chi connectivity index (χ0v) is 14.6. The van der Waals surface area contributed by atoms with Crippen molar-refractivity contribution >= 4 is 6.03 Å². The van der Waals surface area contributed by atoms with E-state index in [1.54, 1.807) is 19.2 Å². The second-order valence-electron chi connectivity index (χ2n) is 7.10. The smallest absolute Gasteiger partial charge is 0.317 e. The van der Waals surface area contributed by atoms with E-state index in [4.69, 9.17) is 4.74 Å². The average Bonchev–Trinajstić information content (AvgIpc) is 2.59. The van der Waals surface area contributed by atoms with E-state index in [1.165, 1.54) is 0 Å². The zero-order chi connectivity index (χ0) is 17.1. The molecule has 3 rings (SSSR count). The summed E-state index contributed by atoms with van der Waals surface area (Å²) in [5, 5.41) is 3.09. The minimum absolute atomic E-state index is 0.00163. The van der Waals surface area contributed by atoms with E-state index in [0.29, 0.717) is 25.1 Å². The molecule has 4 nitrogen and oxygen atoms in total. The summed E-state index contributed by atoms with van der Waals surface area (Å²) in [6.45, 7) is 3.88. The van der Waals surface area contributed by atoms with E-state index in [9.17, 15) is 9.18 Å². The molecule has 1 fully saturated rings. The quantitative estimate of drug-likeness (QED) is 0.920. The van der Waals surface area contributed by atoms with Gasteiger partial charge in [-0.15, -0.1) is 0 Å². The molecule has 0 aromatic heterocycles. The summed E-state index contributed by atoms with van der Waals surface area (Å²) in [7, 11) is 1.77. The lowest BCUT2D eigenvalue weighted by Gasteiger charge is -2.32. The molecule has 0 spiro atoms. The van der Waals surface area contributed by atoms with Crippen molar-refractivity contribution in [1.29, 1.82) is 0 Å². The van der Waals surface area contributed by atoms with Crippen LogP contribution >= 0.6 is 0 Å². The Morgan fingerprint density at radius 2 is 2.08 bits per heavy atom. The molecule has 24 heavy (non-hydrogen) atoms. The highest BCUT2D eigenvalue weighted by Gasteiger charge is 2.25. The number of hydrogen-bond donors (Lipinski definition) is 1. The topological polar surface area (TPSA) is 41.6 Å². The van der Waals surface area contributed by atoms with Crippen LogP contribution in [-0.4, -0.2) is 37.2 Å². The van der Waals surface area contributed by atoms with Crippen LogP contribution in [0.1, 0.15) is 42.4 Å². The van der Waals surface area contributed by atoms with Gasteiger partial charge in [-0.1, -0.05) is 0 Å². The van der Waals surface area contributed by atoms with Crippen LogP contribution in [0.5, 0.6) is 0 Å². The van der Waals surface area contributed by atoms with Crippen LogP contribution in [0.4, 0.5) is 9.18 Å². The van der Waals surface area contributed by atoms with Crippen LogP contribution < -0.4 is 5.32 Å². The maximum Gasteiger partial charge on any atom is 0.317 e. The number of carbonyl (C=O) groups excluding carboxylic acids is 1. The number of hydrogen-bond acceptors (Lipinski definition) is 2. The number of nitrogens with zero attached hydrogens (tertiary/aromatic N) is 1. The maximum absolute atomic E-state index is 13.5. The van der Waals surface area contributed by atoms with E-state index in [2.05, 4.69) is 5.32 Å². The standard InChI is InChI=1S/C19H27FN2O2/c1-13-9-16(20)10-15-7-8-22(12-18(13)15)19(23)21-11-14-3-5-17(24-2)6-4-14/h9-10,14,17H,3-8,11-12H2,1-2H3,(H,21,23). The number of carbonyl (C=O) groups is 1. The third-order valence-corrected chi connectivity index (χ3v) is 5.49. The number of benzene rings is 1. The lowest BCUT2D eigenvalue weighted by molar-refractivity contribution is 0.0569. The van der Waals surface area contributed by atoms with Crippen LogP contribution in [0.2, 0.25) is 0 Å². The molecule has 1 aromatic rings. The molecule has 1 aromatic carbocycles. The van der Waals surface area contributed by atoms with Crippen LogP contribution in [0.15, 0.2) is 12.1 Å². The third kappa shape index (κ3) is 3.89. The van der Waals surface area contributed by atoms with E-state index in [-0.39, 0.29) is 11.8 Å². The van der Waals surface area contributed by atoms with E-state index in [0.717, 1.165) is 55.3 Å². The molecule has 0 saturated heterocycles. The molecule has 132 valence electrons. The fourth-order valence-corrected chi connectivity index (χ4v) is 3.91. The van der Waals surface area contributed by atoms with Crippen LogP contribution in [0, 0.1) is 18.7 Å². The fourth-order valence-electron chi connectivity index (χ4n) is 3.91. The Morgan fingerprint density at radius 3 is 2.79 bits per heavy atom. The van der Waals surface area contributed by atoms with Gasteiger partial charge >= 0.3 is 6.03 Å². The molecule has 0 radical (unpaired) electrons. The molecule has 2 aliphatic rings. The first-order valence-electron chi connectivity index (χ1n) is 8.90. The number of fused-ring (bicyclic) bond motifs is 1. The SMILES string of the molecule is COC1CCC(CNC(=O)N2CCc3cc(F)cc(C)c3C2)CC1. The lowest BCUT2D eigenvalue weighted by Crippen LogP contribution is -2.44. The van der Waals surface area contributed by atoms with Gasteiger partial charge in [-0.05, 0) is 73.8 Å². The van der Waals surface area contributed by atoms with Crippen molar-refractivity contribution < 1.29 is 13.9 Å². The monoisotopic (exact) mass is 334 g/mol. The first-order valence-corrected chi connectivity index (χ1v) is 8.90. The van der Waals surface area contributed by atoms with Gasteiger partial charge in [-0.3, -0.25) is 0 Å². The van der Waals surface area contributed by atoms with Gasteiger partial charge < -0.3 is 15.0 Å². The largest absolute Gasteiger partial charge is 0.381 e. The molecule has 1 aliphatic carbocycles. The summed E-state index contributed by atoms with van der Waals surface area (Å²) < 4.78 is 18.9. The van der Waals surface area contributed by atoms with Crippen molar-refractivity contribution in [2.24, 2.45) is 5.92 Å². The van der Waals surface area contributed by atoms with Gasteiger partial charge in [0.25, 0.3) is 0 Å². The van der Waals surface area contributed by atoms with E-state index in [1.807, 2.05) is 11.8 Å². The molecule has 1 saturated carbocycles. The summed E-state index contributed by atoms with van der Waals surface area (Å²) in [5.74, 6) is 0.365. The van der Waals surface area contributed by atoms with Gasteiger partial charge in [0, 0.05) is 26.7 Å². The van der Waals surface area contributed by atoms with Gasteiger partial charge in [0.05, 0.1) is 6.10 Å². The highest BCUT2D eigenvalue weighted by atomic mass is 19.1. The van der Waals surface area contributed by atoms with E-state index < -0.39 is 0 Å². The van der Waals surface area contributed by atoms with Gasteiger partial charge in [-0.25, -0.2) is 9.18 Å². The third-order valence-electron chi connectivity index (χ3n) is 5.49. The van der Waals surface area contributed by atoms with Crippen molar-refractivity contribution in [3.05, 3.63) is 34.6 Å². The van der Waals surface area contributed by atoms with Crippen molar-refractivity contribution in [2.45, 2.75) is 51.7 Å². The van der Waals surface area contributed by atoms with Crippen molar-refractivity contribution in [1.82, 2.24) is 10.2 Å². The highest BCUT2D eigenvalue weighted by Crippen LogP contribution is 2.26. The molecule has 5 heteroatoms. The Bertz CT molecular complexity index is 597. The number of amides is 2. The minimum Gasteiger partial charge on any atom is -0.381 e. The summed E-state index contributed by atoms with van der Waals surface area (Å²) >= 11 is 0. The summed E-state index contributed by atoms with van der Waals surface area (Å²) in [4.78, 5) is 14.3. The predicted octanol–water partition coefficient (Wildman–Crippen LogP) is 3.41. The van der Waals surface area contributed by atoms with Crippen molar-refractivity contribution in [3.63, 3.8) is 0 Å². The zero-order valence-electron chi connectivity index (χ0n) is 14.6. The maximum atomic E-state index is 13.5. The number of nitrogens with one attached hydrogen (secondary N) is 1. The second kappa shape index (κ2) is 7.51. The number of halogens is 1. The van der Waals surface area contributed by atoms with Gasteiger partial charge in [0.2, 0.25) is 0 Å². The summed E-state index contributed by atoms with van der Waals surface area (Å²) in [6, 6.07) is 3.15. The first-order chi connectivity index (χ1) is 11.6. The molecule has 0 unspecified atom stereocenters. The number of urea groups is 1. The number of methoxy groups -OCH3 is 1. The number of aryl methyl sites for hydroxylation is 1. The first kappa shape index (κ1) is 17.2. The molecular formula is C19H27FN2O2. The summed E-state index contributed by atoms with van der Waals surface area (Å²) in [5.41, 5.74) is 3.06. The molecule has 1 aliphatic heterocycles. The lowest BCUT2D eigenvalue weighted by atomic mass is 9.87. The Kier molecular flexibility index (Phi) is 5.39.